The number of carbonyl (C=O) groups is 2. The summed E-state index contributed by atoms with van der Waals surface area (Å²) in [6.45, 7) is 12.2. The van der Waals surface area contributed by atoms with Gasteiger partial charge in [0.05, 0.1) is 13.5 Å². The van der Waals surface area contributed by atoms with Gasteiger partial charge in [0.2, 0.25) is 5.91 Å². The summed E-state index contributed by atoms with van der Waals surface area (Å²) in [4.78, 5) is 27.9. The first-order chi connectivity index (χ1) is 18.3. The molecule has 3 rings (SSSR count). The van der Waals surface area contributed by atoms with E-state index in [1.54, 1.807) is 22.6 Å². The van der Waals surface area contributed by atoms with Gasteiger partial charge in [0.25, 0.3) is 11.3 Å². The lowest BCUT2D eigenvalue weighted by Crippen LogP contribution is -2.45. The molecule has 1 amide bonds. The molecule has 1 aliphatic carbocycles. The Morgan fingerprint density at radius 1 is 1.15 bits per heavy atom. The van der Waals surface area contributed by atoms with Gasteiger partial charge >= 0.3 is 5.97 Å². The van der Waals surface area contributed by atoms with Gasteiger partial charge in [-0.05, 0) is 69.1 Å². The van der Waals surface area contributed by atoms with Crippen molar-refractivity contribution in [3.05, 3.63) is 40.8 Å². The molecule has 1 aromatic carbocycles. The summed E-state index contributed by atoms with van der Waals surface area (Å²) in [5.41, 5.74) is 2.37. The molecule has 39 heavy (non-hydrogen) atoms. The summed E-state index contributed by atoms with van der Waals surface area (Å²) >= 11 is -0.597. The van der Waals surface area contributed by atoms with Crippen LogP contribution in [0, 0.1) is 11.8 Å². The summed E-state index contributed by atoms with van der Waals surface area (Å²) < 4.78 is 29.2. The molecule has 1 heterocycles. The third kappa shape index (κ3) is 8.14. The average Bonchev–Trinajstić information content (AvgIpc) is 3.23. The third-order valence-electron chi connectivity index (χ3n) is 7.27. The number of nitrogens with zero attached hydrogens (tertiary/aromatic N) is 2. The van der Waals surface area contributed by atoms with Crippen molar-refractivity contribution < 1.29 is 23.1 Å². The van der Waals surface area contributed by atoms with Crippen LogP contribution in [-0.4, -0.2) is 44.2 Å². The molecule has 0 aliphatic heterocycles. The average molecular weight is 577 g/mol. The highest BCUT2D eigenvalue weighted by Gasteiger charge is 2.34. The van der Waals surface area contributed by atoms with Crippen molar-refractivity contribution in [3.8, 4) is 11.1 Å². The van der Waals surface area contributed by atoms with E-state index in [4.69, 9.17) is 4.74 Å². The van der Waals surface area contributed by atoms with Gasteiger partial charge in [-0.1, -0.05) is 51.0 Å². The SMILES string of the molecule is COC(=O)CC1CCCC[C@@H]1N(Cc1ccc(-c2cc(CC(C)C)sc2N(S(=O)O)C(C)(C)C)cc1)C(C)=O. The van der Waals surface area contributed by atoms with Crippen molar-refractivity contribution in [3.63, 3.8) is 0 Å². The molecule has 1 fully saturated rings. The predicted octanol–water partition coefficient (Wildman–Crippen LogP) is 6.83. The molecule has 9 heteroatoms. The van der Waals surface area contributed by atoms with Crippen molar-refractivity contribution in [1.29, 1.82) is 0 Å². The monoisotopic (exact) mass is 576 g/mol. The van der Waals surface area contributed by atoms with Crippen LogP contribution in [0.3, 0.4) is 0 Å². The van der Waals surface area contributed by atoms with Crippen LogP contribution in [0.5, 0.6) is 0 Å². The van der Waals surface area contributed by atoms with E-state index in [2.05, 4.69) is 19.9 Å². The lowest BCUT2D eigenvalue weighted by molar-refractivity contribution is -0.144. The van der Waals surface area contributed by atoms with Gasteiger partial charge in [0.15, 0.2) is 0 Å². The number of carbonyl (C=O) groups excluding carboxylic acids is 2. The normalized spacial score (nSPS) is 18.6. The molecule has 0 bridgehead atoms. The van der Waals surface area contributed by atoms with Crippen LogP contribution in [0.25, 0.3) is 11.1 Å². The number of hydrogen-bond acceptors (Lipinski definition) is 5. The number of methoxy groups -OCH3 is 1. The van der Waals surface area contributed by atoms with Crippen molar-refractivity contribution in [1.82, 2.24) is 4.90 Å². The fourth-order valence-corrected chi connectivity index (χ4v) is 7.98. The molecular formula is C30H44N2O5S2. The Bertz CT molecular complexity index is 1150. The molecule has 1 saturated carbocycles. The lowest BCUT2D eigenvalue weighted by Gasteiger charge is -2.39. The molecule has 0 spiro atoms. The smallest absolute Gasteiger partial charge is 0.305 e. The van der Waals surface area contributed by atoms with Crippen molar-refractivity contribution >= 4 is 39.5 Å². The van der Waals surface area contributed by atoms with Crippen molar-refractivity contribution in [2.45, 2.75) is 98.2 Å². The van der Waals surface area contributed by atoms with Crippen LogP contribution in [0.15, 0.2) is 30.3 Å². The molecule has 2 aromatic rings. The minimum Gasteiger partial charge on any atom is -0.469 e. The van der Waals surface area contributed by atoms with E-state index in [1.807, 2.05) is 49.9 Å². The third-order valence-corrected chi connectivity index (χ3v) is 9.57. The summed E-state index contributed by atoms with van der Waals surface area (Å²) in [5.74, 6) is 0.349. The molecule has 0 radical (unpaired) electrons. The number of thiophene rings is 1. The first-order valence-electron chi connectivity index (χ1n) is 13.8. The largest absolute Gasteiger partial charge is 0.469 e. The number of hydrogen-bond donors (Lipinski definition) is 1. The Morgan fingerprint density at radius 2 is 1.79 bits per heavy atom. The molecule has 0 saturated heterocycles. The first kappa shape index (κ1) is 31.3. The number of ether oxygens (including phenoxy) is 1. The molecule has 1 aliphatic rings. The van der Waals surface area contributed by atoms with Gasteiger partial charge in [-0.25, -0.2) is 4.21 Å². The van der Waals surface area contributed by atoms with Crippen LogP contribution in [0.4, 0.5) is 5.00 Å². The van der Waals surface area contributed by atoms with E-state index in [0.717, 1.165) is 53.8 Å². The van der Waals surface area contributed by atoms with Gasteiger partial charge in [0.1, 0.15) is 5.00 Å². The van der Waals surface area contributed by atoms with E-state index in [1.165, 1.54) is 12.0 Å². The number of amides is 1. The summed E-state index contributed by atoms with van der Waals surface area (Å²) in [7, 11) is 1.41. The van der Waals surface area contributed by atoms with Gasteiger partial charge in [0, 0.05) is 35.5 Å². The second kappa shape index (κ2) is 13.4. The van der Waals surface area contributed by atoms with Crippen LogP contribution in [0.2, 0.25) is 0 Å². The summed E-state index contributed by atoms with van der Waals surface area (Å²) in [6, 6.07) is 10.3. The second-order valence-corrected chi connectivity index (χ2v) is 13.9. The highest BCUT2D eigenvalue weighted by Crippen LogP contribution is 2.43. The molecule has 1 aromatic heterocycles. The maximum absolute atomic E-state index is 12.8. The molecule has 3 atom stereocenters. The maximum Gasteiger partial charge on any atom is 0.305 e. The number of anilines is 1. The standard InChI is InChI=1S/C30H44N2O5S2/c1-20(2)16-25-18-26(29(38-25)32(39(35)36)30(4,5)6)23-14-12-22(13-15-23)19-31(21(3)33)27-11-9-8-10-24(27)17-28(34)37-7/h12-15,18,20,24,27H,8-11,16-17,19H2,1-7H3,(H,35,36)/t24?,27-/m0/s1. The van der Waals surface area contributed by atoms with E-state index < -0.39 is 16.8 Å². The number of rotatable bonds is 10. The zero-order valence-corrected chi connectivity index (χ0v) is 26.0. The van der Waals surface area contributed by atoms with Crippen LogP contribution >= 0.6 is 11.3 Å². The van der Waals surface area contributed by atoms with Gasteiger partial charge in [-0.3, -0.25) is 18.4 Å². The number of benzene rings is 1. The minimum atomic E-state index is -2.17. The highest BCUT2D eigenvalue weighted by molar-refractivity contribution is 7.81. The van der Waals surface area contributed by atoms with Crippen molar-refractivity contribution in [2.75, 3.05) is 11.4 Å². The van der Waals surface area contributed by atoms with Gasteiger partial charge < -0.3 is 9.64 Å². The first-order valence-corrected chi connectivity index (χ1v) is 15.7. The van der Waals surface area contributed by atoms with Crippen LogP contribution in [-0.2, 0) is 38.6 Å². The summed E-state index contributed by atoms with van der Waals surface area (Å²) in [5, 5.41) is 0.782. The Hall–Kier alpha value is -2.23. The second-order valence-electron chi connectivity index (χ2n) is 12.0. The van der Waals surface area contributed by atoms with Crippen LogP contribution < -0.4 is 4.31 Å². The minimum absolute atomic E-state index is 0.00512. The maximum atomic E-state index is 12.8. The molecule has 216 valence electrons. The number of esters is 1. The van der Waals surface area contributed by atoms with Crippen molar-refractivity contribution in [2.24, 2.45) is 11.8 Å². The fourth-order valence-electron chi connectivity index (χ4n) is 5.48. The fraction of sp³-hybridized carbons (Fsp3) is 0.600. The zero-order chi connectivity index (χ0) is 28.9. The topological polar surface area (TPSA) is 87.2 Å². The Kier molecular flexibility index (Phi) is 10.8. The Morgan fingerprint density at radius 3 is 2.33 bits per heavy atom. The molecule has 2 unspecified atom stereocenters. The zero-order valence-electron chi connectivity index (χ0n) is 24.4. The van der Waals surface area contributed by atoms with Gasteiger partial charge in [-0.15, -0.1) is 11.3 Å². The van der Waals surface area contributed by atoms with E-state index in [-0.39, 0.29) is 23.8 Å². The van der Waals surface area contributed by atoms with E-state index in [9.17, 15) is 18.4 Å². The Labute approximate surface area is 240 Å². The molecular weight excluding hydrogens is 532 g/mol. The molecule has 7 nitrogen and oxygen atoms in total. The van der Waals surface area contributed by atoms with E-state index in [0.29, 0.717) is 18.9 Å². The van der Waals surface area contributed by atoms with Gasteiger partial charge in [-0.2, -0.15) is 0 Å². The summed E-state index contributed by atoms with van der Waals surface area (Å²) in [6.07, 6.45) is 5.13. The predicted molar refractivity (Wildman–Crippen MR) is 160 cm³/mol. The van der Waals surface area contributed by atoms with E-state index >= 15 is 0 Å². The lowest BCUT2D eigenvalue weighted by atomic mass is 9.81. The quantitative estimate of drug-likeness (QED) is 0.248. The Balaban J connectivity index is 1.91. The highest BCUT2D eigenvalue weighted by atomic mass is 32.2. The molecule has 1 N–H and O–H groups in total. The van der Waals surface area contributed by atoms with Crippen LogP contribution in [0.1, 0.15) is 84.1 Å².